The predicted octanol–water partition coefficient (Wildman–Crippen LogP) is 1.75. The molecule has 0 aliphatic heterocycles. The van der Waals surface area contributed by atoms with Gasteiger partial charge in [0.25, 0.3) is 0 Å². The van der Waals surface area contributed by atoms with Crippen LogP contribution < -0.4 is 11.1 Å². The molecule has 0 bridgehead atoms. The van der Waals surface area contributed by atoms with Gasteiger partial charge in [0.1, 0.15) is 0 Å². The minimum Gasteiger partial charge on any atom is -0.326 e. The summed E-state index contributed by atoms with van der Waals surface area (Å²) in [6.07, 6.45) is 2.30. The molecule has 0 saturated heterocycles. The summed E-state index contributed by atoms with van der Waals surface area (Å²) in [6, 6.07) is 0. The Hall–Kier alpha value is -0.0800. The van der Waals surface area contributed by atoms with Gasteiger partial charge in [-0.05, 0) is 45.7 Å². The van der Waals surface area contributed by atoms with Crippen LogP contribution in [0.3, 0.4) is 0 Å². The summed E-state index contributed by atoms with van der Waals surface area (Å²) in [6.45, 7) is 10.8. The Kier molecular flexibility index (Phi) is 5.51. The fourth-order valence-electron chi connectivity index (χ4n) is 0.926. The molecule has 0 aliphatic rings. The smallest absolute Gasteiger partial charge is 0.0109 e. The van der Waals surface area contributed by atoms with Crippen molar-refractivity contribution in [1.82, 2.24) is 5.32 Å². The van der Waals surface area contributed by atoms with Gasteiger partial charge in [0, 0.05) is 5.54 Å². The third kappa shape index (κ3) is 9.92. The van der Waals surface area contributed by atoms with Crippen LogP contribution in [-0.2, 0) is 0 Å². The van der Waals surface area contributed by atoms with Crippen LogP contribution in [0.2, 0.25) is 0 Å². The van der Waals surface area contributed by atoms with Gasteiger partial charge in [0.15, 0.2) is 0 Å². The molecule has 0 atom stereocenters. The summed E-state index contributed by atoms with van der Waals surface area (Å²) >= 11 is 0. The van der Waals surface area contributed by atoms with Gasteiger partial charge in [-0.3, -0.25) is 0 Å². The van der Waals surface area contributed by atoms with E-state index in [0.29, 0.717) is 0 Å². The molecule has 0 spiro atoms. The van der Waals surface area contributed by atoms with E-state index in [0.717, 1.165) is 25.4 Å². The van der Waals surface area contributed by atoms with E-state index in [1.165, 1.54) is 6.42 Å². The van der Waals surface area contributed by atoms with E-state index in [-0.39, 0.29) is 5.54 Å². The van der Waals surface area contributed by atoms with Gasteiger partial charge >= 0.3 is 0 Å². The molecule has 0 aliphatic carbocycles. The first kappa shape index (κ1) is 11.9. The van der Waals surface area contributed by atoms with Crippen molar-refractivity contribution < 1.29 is 0 Å². The summed E-state index contributed by atoms with van der Waals surface area (Å²) < 4.78 is 0. The fraction of sp³-hybridized carbons (Fsp3) is 1.00. The van der Waals surface area contributed by atoms with Gasteiger partial charge in [-0.15, -0.1) is 0 Å². The lowest BCUT2D eigenvalue weighted by molar-refractivity contribution is 0.444. The first-order chi connectivity index (χ1) is 5.42. The topological polar surface area (TPSA) is 38.0 Å². The van der Waals surface area contributed by atoms with Crippen LogP contribution in [0.1, 0.15) is 40.5 Å². The highest BCUT2D eigenvalue weighted by molar-refractivity contribution is 4.72. The maximum atomic E-state index is 5.84. The Morgan fingerprint density at radius 1 is 1.25 bits per heavy atom. The van der Waals surface area contributed by atoms with Crippen molar-refractivity contribution in [3.63, 3.8) is 0 Å². The molecule has 0 amide bonds. The van der Waals surface area contributed by atoms with Gasteiger partial charge in [-0.1, -0.05) is 13.8 Å². The lowest BCUT2D eigenvalue weighted by atomic mass is 10.0. The number of rotatable bonds is 6. The Morgan fingerprint density at radius 3 is 2.25 bits per heavy atom. The molecule has 0 rings (SSSR count). The van der Waals surface area contributed by atoms with Crippen molar-refractivity contribution in [2.24, 2.45) is 11.7 Å². The highest BCUT2D eigenvalue weighted by Gasteiger charge is 2.08. The first-order valence-corrected chi connectivity index (χ1v) is 4.91. The maximum Gasteiger partial charge on any atom is 0.0109 e. The summed E-state index contributed by atoms with van der Waals surface area (Å²) in [5.74, 6) is 0.795. The highest BCUT2D eigenvalue weighted by Crippen LogP contribution is 2.01. The molecule has 0 aromatic rings. The molecule has 0 unspecified atom stereocenters. The summed E-state index contributed by atoms with van der Waals surface area (Å²) in [5, 5.41) is 3.39. The zero-order chi connectivity index (χ0) is 9.61. The lowest BCUT2D eigenvalue weighted by Crippen LogP contribution is -2.36. The number of hydrogen-bond donors (Lipinski definition) is 2. The van der Waals surface area contributed by atoms with Gasteiger partial charge in [0.2, 0.25) is 0 Å². The molecule has 0 aromatic carbocycles. The average Bonchev–Trinajstić information content (AvgIpc) is 1.83. The van der Waals surface area contributed by atoms with E-state index >= 15 is 0 Å². The van der Waals surface area contributed by atoms with Crippen LogP contribution in [0.4, 0.5) is 0 Å². The highest BCUT2D eigenvalue weighted by atomic mass is 14.9. The number of nitrogens with one attached hydrogen (secondary N) is 1. The van der Waals surface area contributed by atoms with Crippen LogP contribution in [0.25, 0.3) is 0 Å². The molecule has 12 heavy (non-hydrogen) atoms. The Morgan fingerprint density at radius 2 is 1.83 bits per heavy atom. The van der Waals surface area contributed by atoms with Crippen LogP contribution in [0, 0.1) is 5.92 Å². The van der Waals surface area contributed by atoms with Crippen molar-refractivity contribution in [3.8, 4) is 0 Å². The summed E-state index contributed by atoms with van der Waals surface area (Å²) in [4.78, 5) is 0. The second-order valence-electron chi connectivity index (χ2n) is 4.67. The molecule has 74 valence electrons. The normalized spacial score (nSPS) is 12.5. The molecule has 2 heteroatoms. The van der Waals surface area contributed by atoms with E-state index in [9.17, 15) is 0 Å². The zero-order valence-electron chi connectivity index (χ0n) is 8.98. The minimum absolute atomic E-state index is 0.0230. The van der Waals surface area contributed by atoms with Crippen LogP contribution >= 0.6 is 0 Å². The molecule has 2 nitrogen and oxygen atoms in total. The SMILES string of the molecule is CC(C)CCNCCC(C)(C)N. The number of hydrogen-bond acceptors (Lipinski definition) is 2. The first-order valence-electron chi connectivity index (χ1n) is 4.91. The van der Waals surface area contributed by atoms with Gasteiger partial charge in [-0.2, -0.15) is 0 Å². The molecular formula is C10H24N2. The fourth-order valence-corrected chi connectivity index (χ4v) is 0.926. The summed E-state index contributed by atoms with van der Waals surface area (Å²) in [7, 11) is 0. The minimum atomic E-state index is -0.0230. The van der Waals surface area contributed by atoms with Gasteiger partial charge < -0.3 is 11.1 Å². The van der Waals surface area contributed by atoms with E-state index in [2.05, 4.69) is 33.0 Å². The van der Waals surface area contributed by atoms with Crippen molar-refractivity contribution >= 4 is 0 Å². The Balaban J connectivity index is 3.12. The van der Waals surface area contributed by atoms with Crippen molar-refractivity contribution in [2.45, 2.75) is 46.1 Å². The summed E-state index contributed by atoms with van der Waals surface area (Å²) in [5.41, 5.74) is 5.81. The Labute approximate surface area is 76.9 Å². The van der Waals surface area contributed by atoms with Crippen molar-refractivity contribution in [3.05, 3.63) is 0 Å². The van der Waals surface area contributed by atoms with Crippen molar-refractivity contribution in [1.29, 1.82) is 0 Å². The van der Waals surface area contributed by atoms with Crippen LogP contribution in [0.15, 0.2) is 0 Å². The Bertz CT molecular complexity index is 103. The van der Waals surface area contributed by atoms with Crippen LogP contribution in [-0.4, -0.2) is 18.6 Å². The standard InChI is InChI=1S/C10H24N2/c1-9(2)5-7-12-8-6-10(3,4)11/h9,12H,5-8,11H2,1-4H3. The zero-order valence-corrected chi connectivity index (χ0v) is 8.98. The molecule has 0 radical (unpaired) electrons. The van der Waals surface area contributed by atoms with E-state index in [4.69, 9.17) is 5.73 Å². The van der Waals surface area contributed by atoms with Crippen LogP contribution in [0.5, 0.6) is 0 Å². The van der Waals surface area contributed by atoms with E-state index in [1.54, 1.807) is 0 Å². The number of nitrogens with two attached hydrogens (primary N) is 1. The molecule has 0 saturated carbocycles. The molecule has 3 N–H and O–H groups in total. The van der Waals surface area contributed by atoms with Gasteiger partial charge in [0.05, 0.1) is 0 Å². The maximum absolute atomic E-state index is 5.84. The third-order valence-corrected chi connectivity index (χ3v) is 1.84. The predicted molar refractivity (Wildman–Crippen MR) is 55.2 cm³/mol. The van der Waals surface area contributed by atoms with Crippen molar-refractivity contribution in [2.75, 3.05) is 13.1 Å². The van der Waals surface area contributed by atoms with E-state index in [1.807, 2.05) is 0 Å². The average molecular weight is 172 g/mol. The molecule has 0 heterocycles. The molecule has 0 fully saturated rings. The van der Waals surface area contributed by atoms with E-state index < -0.39 is 0 Å². The monoisotopic (exact) mass is 172 g/mol. The largest absolute Gasteiger partial charge is 0.326 e. The second-order valence-corrected chi connectivity index (χ2v) is 4.67. The third-order valence-electron chi connectivity index (χ3n) is 1.84. The second kappa shape index (κ2) is 5.55. The van der Waals surface area contributed by atoms with Gasteiger partial charge in [-0.25, -0.2) is 0 Å². The molecule has 0 aromatic heterocycles. The molecular weight excluding hydrogens is 148 g/mol. The lowest BCUT2D eigenvalue weighted by Gasteiger charge is -2.18. The quantitative estimate of drug-likeness (QED) is 0.599.